The quantitative estimate of drug-likeness (QED) is 0.809. The second-order valence-corrected chi connectivity index (χ2v) is 6.21. The SMILES string of the molecule is CC1(C)CC2(CNCC2C(=O)O)c2ccccc2O1. The van der Waals surface area contributed by atoms with Gasteiger partial charge in [-0.15, -0.1) is 0 Å². The van der Waals surface area contributed by atoms with Crippen LogP contribution in [-0.4, -0.2) is 29.8 Å². The Morgan fingerprint density at radius 1 is 1.42 bits per heavy atom. The number of hydrogen-bond acceptors (Lipinski definition) is 3. The Labute approximate surface area is 112 Å². The van der Waals surface area contributed by atoms with Crippen molar-refractivity contribution in [3.63, 3.8) is 0 Å². The fourth-order valence-electron chi connectivity index (χ4n) is 3.71. The van der Waals surface area contributed by atoms with Gasteiger partial charge in [0, 0.05) is 24.1 Å². The van der Waals surface area contributed by atoms with E-state index in [0.717, 1.165) is 17.7 Å². The van der Waals surface area contributed by atoms with Crippen molar-refractivity contribution in [1.29, 1.82) is 0 Å². The number of hydrogen-bond donors (Lipinski definition) is 2. The number of carboxylic acids is 1. The summed E-state index contributed by atoms with van der Waals surface area (Å²) in [6.45, 7) is 5.29. The third kappa shape index (κ3) is 1.82. The van der Waals surface area contributed by atoms with Crippen molar-refractivity contribution in [3.05, 3.63) is 29.8 Å². The fourth-order valence-corrected chi connectivity index (χ4v) is 3.71. The molecule has 2 heterocycles. The lowest BCUT2D eigenvalue weighted by Crippen LogP contribution is -2.50. The summed E-state index contributed by atoms with van der Waals surface area (Å²) in [5.41, 5.74) is 0.338. The molecule has 1 aromatic carbocycles. The van der Waals surface area contributed by atoms with Gasteiger partial charge in [0.25, 0.3) is 0 Å². The molecule has 2 atom stereocenters. The van der Waals surface area contributed by atoms with E-state index in [-0.39, 0.29) is 11.0 Å². The van der Waals surface area contributed by atoms with Crippen molar-refractivity contribution in [2.75, 3.05) is 13.1 Å². The minimum absolute atomic E-state index is 0.339. The number of carboxylic acid groups (broad SMARTS) is 1. The van der Waals surface area contributed by atoms with Crippen LogP contribution in [0.4, 0.5) is 0 Å². The zero-order chi connectivity index (χ0) is 13.7. The number of benzene rings is 1. The van der Waals surface area contributed by atoms with E-state index in [2.05, 4.69) is 5.32 Å². The molecular formula is C15H19NO3. The molecule has 2 unspecified atom stereocenters. The fraction of sp³-hybridized carbons (Fsp3) is 0.533. The smallest absolute Gasteiger partial charge is 0.308 e. The van der Waals surface area contributed by atoms with Gasteiger partial charge >= 0.3 is 5.97 Å². The van der Waals surface area contributed by atoms with E-state index in [1.54, 1.807) is 0 Å². The zero-order valence-corrected chi connectivity index (χ0v) is 11.3. The van der Waals surface area contributed by atoms with Crippen LogP contribution in [0.25, 0.3) is 0 Å². The largest absolute Gasteiger partial charge is 0.488 e. The lowest BCUT2D eigenvalue weighted by Gasteiger charge is -2.45. The Kier molecular flexibility index (Phi) is 2.61. The lowest BCUT2D eigenvalue weighted by atomic mass is 9.65. The molecule has 0 amide bonds. The topological polar surface area (TPSA) is 58.6 Å². The van der Waals surface area contributed by atoms with Gasteiger partial charge in [-0.05, 0) is 26.3 Å². The van der Waals surface area contributed by atoms with Crippen molar-refractivity contribution in [3.8, 4) is 5.75 Å². The first kappa shape index (κ1) is 12.5. The number of carbonyl (C=O) groups is 1. The van der Waals surface area contributed by atoms with Gasteiger partial charge in [-0.2, -0.15) is 0 Å². The van der Waals surface area contributed by atoms with Crippen LogP contribution in [0.1, 0.15) is 25.8 Å². The van der Waals surface area contributed by atoms with E-state index < -0.39 is 11.9 Å². The van der Waals surface area contributed by atoms with Crippen LogP contribution in [0, 0.1) is 5.92 Å². The number of nitrogens with one attached hydrogen (secondary N) is 1. The van der Waals surface area contributed by atoms with E-state index in [0.29, 0.717) is 13.1 Å². The third-order valence-electron chi connectivity index (χ3n) is 4.30. The monoisotopic (exact) mass is 261 g/mol. The molecule has 4 nitrogen and oxygen atoms in total. The molecule has 0 radical (unpaired) electrons. The Balaban J connectivity index is 2.17. The summed E-state index contributed by atoms with van der Waals surface area (Å²) in [5.74, 6) is -0.289. The average Bonchev–Trinajstić information content (AvgIpc) is 2.71. The highest BCUT2D eigenvalue weighted by molar-refractivity contribution is 5.74. The van der Waals surface area contributed by atoms with Crippen LogP contribution >= 0.6 is 0 Å². The summed E-state index contributed by atoms with van der Waals surface area (Å²) in [7, 11) is 0. The van der Waals surface area contributed by atoms with Crippen molar-refractivity contribution in [2.24, 2.45) is 5.92 Å². The molecule has 2 aliphatic rings. The molecule has 1 fully saturated rings. The summed E-state index contributed by atoms with van der Waals surface area (Å²) in [6.07, 6.45) is 0.723. The molecule has 2 aliphatic heterocycles. The maximum Gasteiger partial charge on any atom is 0.308 e. The highest BCUT2D eigenvalue weighted by Crippen LogP contribution is 2.50. The van der Waals surface area contributed by atoms with Crippen LogP contribution in [-0.2, 0) is 10.2 Å². The first-order valence-corrected chi connectivity index (χ1v) is 6.67. The highest BCUT2D eigenvalue weighted by atomic mass is 16.5. The second kappa shape index (κ2) is 3.97. The van der Waals surface area contributed by atoms with Crippen LogP contribution in [0.15, 0.2) is 24.3 Å². The van der Waals surface area contributed by atoms with Crippen LogP contribution in [0.3, 0.4) is 0 Å². The first-order valence-electron chi connectivity index (χ1n) is 6.67. The molecule has 1 aromatic rings. The van der Waals surface area contributed by atoms with Crippen LogP contribution in [0.2, 0.25) is 0 Å². The van der Waals surface area contributed by atoms with Gasteiger partial charge < -0.3 is 15.2 Å². The maximum atomic E-state index is 11.6. The summed E-state index contributed by atoms with van der Waals surface area (Å²) in [6, 6.07) is 7.84. The summed E-state index contributed by atoms with van der Waals surface area (Å²) < 4.78 is 6.01. The van der Waals surface area contributed by atoms with Crippen molar-refractivity contribution >= 4 is 5.97 Å². The van der Waals surface area contributed by atoms with Gasteiger partial charge in [0.2, 0.25) is 0 Å². The Morgan fingerprint density at radius 3 is 2.89 bits per heavy atom. The minimum atomic E-state index is -0.725. The summed E-state index contributed by atoms with van der Waals surface area (Å²) >= 11 is 0. The molecule has 0 aromatic heterocycles. The Morgan fingerprint density at radius 2 is 2.16 bits per heavy atom. The van der Waals surface area contributed by atoms with Gasteiger partial charge in [0.15, 0.2) is 0 Å². The molecule has 0 aliphatic carbocycles. The van der Waals surface area contributed by atoms with E-state index in [1.807, 2.05) is 38.1 Å². The maximum absolute atomic E-state index is 11.6. The van der Waals surface area contributed by atoms with Gasteiger partial charge in [0.1, 0.15) is 11.4 Å². The number of ether oxygens (including phenoxy) is 1. The van der Waals surface area contributed by atoms with E-state index in [9.17, 15) is 9.90 Å². The normalized spacial score (nSPS) is 31.8. The molecule has 4 heteroatoms. The van der Waals surface area contributed by atoms with Crippen molar-refractivity contribution in [1.82, 2.24) is 5.32 Å². The predicted octanol–water partition coefficient (Wildman–Crippen LogP) is 1.79. The van der Waals surface area contributed by atoms with Gasteiger partial charge in [-0.3, -0.25) is 4.79 Å². The molecule has 0 saturated carbocycles. The van der Waals surface area contributed by atoms with Crippen LogP contribution in [0.5, 0.6) is 5.75 Å². The number of rotatable bonds is 1. The summed E-state index contributed by atoms with van der Waals surface area (Å²) in [5, 5.41) is 12.8. The highest BCUT2D eigenvalue weighted by Gasteiger charge is 2.54. The van der Waals surface area contributed by atoms with Crippen molar-refractivity contribution in [2.45, 2.75) is 31.3 Å². The van der Waals surface area contributed by atoms with Gasteiger partial charge in [0.05, 0.1) is 5.92 Å². The van der Waals surface area contributed by atoms with Gasteiger partial charge in [-0.25, -0.2) is 0 Å². The number of fused-ring (bicyclic) bond motifs is 2. The minimum Gasteiger partial charge on any atom is -0.488 e. The standard InChI is InChI=1S/C15H19NO3/c1-14(2)8-15(9-16-7-11(15)13(17)18)10-5-3-4-6-12(10)19-14/h3-6,11,16H,7-9H2,1-2H3,(H,17,18). The van der Waals surface area contributed by atoms with Crippen LogP contribution < -0.4 is 10.1 Å². The van der Waals surface area contributed by atoms with Gasteiger partial charge in [-0.1, -0.05) is 18.2 Å². The summed E-state index contributed by atoms with van der Waals surface area (Å²) in [4.78, 5) is 11.6. The Bertz CT molecular complexity index is 526. The van der Waals surface area contributed by atoms with Crippen molar-refractivity contribution < 1.29 is 14.6 Å². The molecular weight excluding hydrogens is 242 g/mol. The first-order chi connectivity index (χ1) is 8.95. The zero-order valence-electron chi connectivity index (χ0n) is 11.3. The number of aliphatic carboxylic acids is 1. The molecule has 19 heavy (non-hydrogen) atoms. The van der Waals surface area contributed by atoms with E-state index in [1.165, 1.54) is 0 Å². The van der Waals surface area contributed by atoms with E-state index >= 15 is 0 Å². The number of para-hydroxylation sites is 1. The second-order valence-electron chi connectivity index (χ2n) is 6.21. The molecule has 2 N–H and O–H groups in total. The Hall–Kier alpha value is -1.55. The lowest BCUT2D eigenvalue weighted by molar-refractivity contribution is -0.144. The predicted molar refractivity (Wildman–Crippen MR) is 71.4 cm³/mol. The average molecular weight is 261 g/mol. The third-order valence-corrected chi connectivity index (χ3v) is 4.30. The molecule has 1 spiro atoms. The molecule has 0 bridgehead atoms. The molecule has 102 valence electrons. The molecule has 3 rings (SSSR count). The molecule has 1 saturated heterocycles. The van der Waals surface area contributed by atoms with E-state index in [4.69, 9.17) is 4.74 Å².